The van der Waals surface area contributed by atoms with Crippen LogP contribution < -0.4 is 11.5 Å². The van der Waals surface area contributed by atoms with E-state index >= 15 is 0 Å². The van der Waals surface area contributed by atoms with E-state index in [-0.39, 0.29) is 5.96 Å². The second kappa shape index (κ2) is 3.37. The number of hydrogen-bond acceptors (Lipinski definition) is 2. The lowest BCUT2D eigenvalue weighted by Crippen LogP contribution is -2.22. The van der Waals surface area contributed by atoms with E-state index in [0.29, 0.717) is 5.92 Å². The first-order valence-corrected chi connectivity index (χ1v) is 3.85. The maximum Gasteiger partial charge on any atom is 0.211 e. The molecule has 0 aromatic rings. The number of hydrogen-bond donors (Lipinski definition) is 2. The third-order valence-corrected chi connectivity index (χ3v) is 1.93. The monoisotopic (exact) mass is 154 g/mol. The van der Waals surface area contributed by atoms with Crippen molar-refractivity contribution >= 4 is 11.7 Å². The summed E-state index contributed by atoms with van der Waals surface area (Å²) in [6, 6.07) is 0. The Morgan fingerprint density at radius 2 is 2.27 bits per heavy atom. The SMILES string of the molecule is CC1CCCC1=NN=C(N)N. The van der Waals surface area contributed by atoms with Crippen molar-refractivity contribution in [2.45, 2.75) is 26.2 Å². The summed E-state index contributed by atoms with van der Waals surface area (Å²) in [6.07, 6.45) is 3.46. The van der Waals surface area contributed by atoms with Crippen LogP contribution in [0.4, 0.5) is 0 Å². The highest BCUT2D eigenvalue weighted by Crippen LogP contribution is 2.21. The molecule has 0 bridgehead atoms. The largest absolute Gasteiger partial charge is 0.369 e. The van der Waals surface area contributed by atoms with Gasteiger partial charge in [0.05, 0.1) is 0 Å². The Kier molecular flexibility index (Phi) is 2.46. The van der Waals surface area contributed by atoms with Gasteiger partial charge in [0.25, 0.3) is 0 Å². The first-order valence-electron chi connectivity index (χ1n) is 3.85. The molecule has 1 unspecified atom stereocenters. The first-order chi connectivity index (χ1) is 5.20. The maximum absolute atomic E-state index is 5.14. The molecule has 0 saturated heterocycles. The van der Waals surface area contributed by atoms with Gasteiger partial charge in [0.15, 0.2) is 0 Å². The van der Waals surface area contributed by atoms with Crippen LogP contribution in [0, 0.1) is 5.92 Å². The number of rotatable bonds is 1. The van der Waals surface area contributed by atoms with Crippen molar-refractivity contribution in [1.29, 1.82) is 0 Å². The molecule has 0 heterocycles. The molecular formula is C7H14N4. The van der Waals surface area contributed by atoms with Gasteiger partial charge in [-0.05, 0) is 25.2 Å². The third kappa shape index (κ3) is 2.22. The second-order valence-electron chi connectivity index (χ2n) is 2.91. The van der Waals surface area contributed by atoms with Gasteiger partial charge in [-0.1, -0.05) is 6.92 Å². The van der Waals surface area contributed by atoms with Crippen LogP contribution >= 0.6 is 0 Å². The Hall–Kier alpha value is -1.06. The van der Waals surface area contributed by atoms with Crippen LogP contribution in [-0.2, 0) is 0 Å². The van der Waals surface area contributed by atoms with Gasteiger partial charge in [-0.2, -0.15) is 5.10 Å². The van der Waals surface area contributed by atoms with E-state index in [1.165, 1.54) is 12.8 Å². The zero-order chi connectivity index (χ0) is 8.27. The van der Waals surface area contributed by atoms with E-state index in [1.54, 1.807) is 0 Å². The van der Waals surface area contributed by atoms with Crippen molar-refractivity contribution in [2.75, 3.05) is 0 Å². The highest BCUT2D eigenvalue weighted by Gasteiger charge is 2.17. The number of guanidine groups is 1. The Morgan fingerprint density at radius 1 is 1.55 bits per heavy atom. The quantitative estimate of drug-likeness (QED) is 0.326. The fraction of sp³-hybridized carbons (Fsp3) is 0.714. The number of nitrogens with zero attached hydrogens (tertiary/aromatic N) is 2. The molecule has 0 aliphatic heterocycles. The van der Waals surface area contributed by atoms with Gasteiger partial charge in [-0.3, -0.25) is 0 Å². The molecule has 1 atom stereocenters. The van der Waals surface area contributed by atoms with Crippen molar-refractivity contribution in [2.24, 2.45) is 27.6 Å². The van der Waals surface area contributed by atoms with Gasteiger partial charge in [0.2, 0.25) is 5.96 Å². The zero-order valence-electron chi connectivity index (χ0n) is 6.75. The summed E-state index contributed by atoms with van der Waals surface area (Å²) >= 11 is 0. The summed E-state index contributed by atoms with van der Waals surface area (Å²) < 4.78 is 0. The lowest BCUT2D eigenvalue weighted by molar-refractivity contribution is 0.727. The summed E-state index contributed by atoms with van der Waals surface area (Å²) in [6.45, 7) is 2.15. The van der Waals surface area contributed by atoms with Crippen LogP contribution in [0.25, 0.3) is 0 Å². The molecule has 0 radical (unpaired) electrons. The summed E-state index contributed by atoms with van der Waals surface area (Å²) in [5, 5.41) is 7.58. The average Bonchev–Trinajstić information content (AvgIpc) is 2.31. The summed E-state index contributed by atoms with van der Waals surface area (Å²) in [5.74, 6) is 0.592. The van der Waals surface area contributed by atoms with E-state index < -0.39 is 0 Å². The molecule has 0 spiro atoms. The Morgan fingerprint density at radius 3 is 2.73 bits per heavy atom. The average molecular weight is 154 g/mol. The highest BCUT2D eigenvalue weighted by atomic mass is 15.3. The third-order valence-electron chi connectivity index (χ3n) is 1.93. The summed E-state index contributed by atoms with van der Waals surface area (Å²) in [7, 11) is 0. The normalized spacial score (nSPS) is 27.4. The van der Waals surface area contributed by atoms with Gasteiger partial charge in [0.1, 0.15) is 0 Å². The molecule has 1 rings (SSSR count). The van der Waals surface area contributed by atoms with E-state index in [9.17, 15) is 0 Å². The van der Waals surface area contributed by atoms with Crippen molar-refractivity contribution < 1.29 is 0 Å². The second-order valence-corrected chi connectivity index (χ2v) is 2.91. The lowest BCUT2D eigenvalue weighted by atomic mass is 10.1. The minimum absolute atomic E-state index is 0.0385. The fourth-order valence-electron chi connectivity index (χ4n) is 1.27. The summed E-state index contributed by atoms with van der Waals surface area (Å²) in [4.78, 5) is 0. The lowest BCUT2D eigenvalue weighted by Gasteiger charge is -1.98. The van der Waals surface area contributed by atoms with Crippen LogP contribution in [0.5, 0.6) is 0 Å². The molecule has 0 amide bonds. The topological polar surface area (TPSA) is 76.8 Å². The molecular weight excluding hydrogens is 140 g/mol. The van der Waals surface area contributed by atoms with Crippen LogP contribution in [-0.4, -0.2) is 11.7 Å². The molecule has 62 valence electrons. The predicted molar refractivity (Wildman–Crippen MR) is 46.3 cm³/mol. The van der Waals surface area contributed by atoms with Gasteiger partial charge in [-0.25, -0.2) is 0 Å². The standard InChI is InChI=1S/C7H14N4/c1-5-3-2-4-6(5)10-11-7(8)9/h5H,2-4H2,1H3,(H4,8,9,11). The van der Waals surface area contributed by atoms with Gasteiger partial charge < -0.3 is 11.5 Å². The minimum Gasteiger partial charge on any atom is -0.369 e. The first kappa shape index (κ1) is 8.04. The van der Waals surface area contributed by atoms with E-state index in [1.807, 2.05) is 0 Å². The van der Waals surface area contributed by atoms with Crippen molar-refractivity contribution in [1.82, 2.24) is 0 Å². The molecule has 4 nitrogen and oxygen atoms in total. The molecule has 4 heteroatoms. The van der Waals surface area contributed by atoms with Gasteiger partial charge in [-0.15, -0.1) is 5.10 Å². The number of nitrogens with two attached hydrogens (primary N) is 2. The van der Waals surface area contributed by atoms with E-state index in [4.69, 9.17) is 11.5 Å². The van der Waals surface area contributed by atoms with Crippen molar-refractivity contribution in [3.63, 3.8) is 0 Å². The summed E-state index contributed by atoms with van der Waals surface area (Å²) in [5.41, 5.74) is 11.4. The predicted octanol–water partition coefficient (Wildman–Crippen LogP) is 0.436. The molecule has 0 aromatic carbocycles. The van der Waals surface area contributed by atoms with Gasteiger partial charge in [0, 0.05) is 5.71 Å². The molecule has 11 heavy (non-hydrogen) atoms. The van der Waals surface area contributed by atoms with Crippen LogP contribution in [0.2, 0.25) is 0 Å². The van der Waals surface area contributed by atoms with E-state index in [2.05, 4.69) is 17.1 Å². The van der Waals surface area contributed by atoms with Crippen molar-refractivity contribution in [3.8, 4) is 0 Å². The smallest absolute Gasteiger partial charge is 0.211 e. The fourth-order valence-corrected chi connectivity index (χ4v) is 1.27. The van der Waals surface area contributed by atoms with Crippen LogP contribution in [0.1, 0.15) is 26.2 Å². The van der Waals surface area contributed by atoms with E-state index in [0.717, 1.165) is 12.1 Å². The molecule has 1 aliphatic rings. The Bertz CT molecular complexity index is 191. The molecule has 1 fully saturated rings. The molecule has 4 N–H and O–H groups in total. The maximum atomic E-state index is 5.14. The minimum atomic E-state index is 0.0385. The highest BCUT2D eigenvalue weighted by molar-refractivity contribution is 5.88. The molecule has 1 aliphatic carbocycles. The molecule has 0 aromatic heterocycles. The van der Waals surface area contributed by atoms with Crippen LogP contribution in [0.3, 0.4) is 0 Å². The van der Waals surface area contributed by atoms with Gasteiger partial charge >= 0.3 is 0 Å². The Balaban J connectivity index is 2.58. The molecule has 1 saturated carbocycles. The van der Waals surface area contributed by atoms with Crippen LogP contribution in [0.15, 0.2) is 10.2 Å². The zero-order valence-corrected chi connectivity index (χ0v) is 6.75. The van der Waals surface area contributed by atoms with Crippen molar-refractivity contribution in [3.05, 3.63) is 0 Å². The Labute approximate surface area is 66.4 Å².